The van der Waals surface area contributed by atoms with Crippen LogP contribution in [-0.4, -0.2) is 28.5 Å². The van der Waals surface area contributed by atoms with Crippen LogP contribution in [0.25, 0.3) is 22.3 Å². The maximum absolute atomic E-state index is 13.0. The van der Waals surface area contributed by atoms with E-state index in [0.717, 1.165) is 34.5 Å². The monoisotopic (exact) mass is 461 g/mol. The number of anilines is 2. The van der Waals surface area contributed by atoms with Gasteiger partial charge in [-0.1, -0.05) is 54.6 Å². The summed E-state index contributed by atoms with van der Waals surface area (Å²) < 4.78 is 0. The third-order valence-electron chi connectivity index (χ3n) is 5.21. The molecule has 0 saturated carbocycles. The van der Waals surface area contributed by atoms with E-state index in [1.807, 2.05) is 61.5 Å². The van der Waals surface area contributed by atoms with E-state index in [0.29, 0.717) is 5.56 Å². The number of hydrogen-bond acceptors (Lipinski definition) is 4. The summed E-state index contributed by atoms with van der Waals surface area (Å²) in [4.78, 5) is 29.0. The predicted octanol–water partition coefficient (Wildman–Crippen LogP) is 2.91. The van der Waals surface area contributed by atoms with Gasteiger partial charge in [-0.25, -0.2) is 4.79 Å². The summed E-state index contributed by atoms with van der Waals surface area (Å²) >= 11 is 0. The van der Waals surface area contributed by atoms with E-state index < -0.39 is 11.9 Å². The molecule has 0 saturated heterocycles. The van der Waals surface area contributed by atoms with E-state index in [4.69, 9.17) is 0 Å². The van der Waals surface area contributed by atoms with Crippen LogP contribution in [0.5, 0.6) is 0 Å². The molecular formula is C27H24N3NaO3. The Hall–Kier alpha value is -3.45. The molecule has 3 N–H and O–H groups in total. The quantitative estimate of drug-likeness (QED) is 0.368. The van der Waals surface area contributed by atoms with Crippen molar-refractivity contribution in [2.45, 2.75) is 6.92 Å². The number of amides is 1. The van der Waals surface area contributed by atoms with E-state index in [9.17, 15) is 14.7 Å². The van der Waals surface area contributed by atoms with Crippen molar-refractivity contribution in [3.8, 4) is 22.3 Å². The maximum Gasteiger partial charge on any atom is 1.00 e. The first-order valence-corrected chi connectivity index (χ1v) is 10.6. The molecule has 1 heterocycles. The van der Waals surface area contributed by atoms with Crippen LogP contribution in [0.15, 0.2) is 91.3 Å². The Morgan fingerprint density at radius 2 is 1.59 bits per heavy atom. The molecule has 0 spiro atoms. The number of carboxylic acid groups (broad SMARTS) is 1. The first kappa shape index (κ1) is 25.2. The number of carbonyl (C=O) groups is 2. The predicted molar refractivity (Wildman–Crippen MR) is 132 cm³/mol. The molecule has 0 aliphatic rings. The first-order valence-electron chi connectivity index (χ1n) is 10.6. The Labute approximate surface area is 221 Å². The van der Waals surface area contributed by atoms with Crippen molar-refractivity contribution in [3.05, 3.63) is 102 Å². The SMILES string of the molecule is CCNc1ccccc1-c1ccc(C(=O)O)c(NC(=O)c2cncc(-c3ccccc3)c2)c1.[H-].[Na+]. The normalized spacial score (nSPS) is 10.1. The number of nitrogens with zero attached hydrogens (tertiary/aromatic N) is 1. The van der Waals surface area contributed by atoms with Crippen LogP contribution in [-0.2, 0) is 0 Å². The molecule has 166 valence electrons. The maximum atomic E-state index is 13.0. The molecule has 1 amide bonds. The molecule has 1 aromatic heterocycles. The van der Waals surface area contributed by atoms with Crippen molar-refractivity contribution in [1.82, 2.24) is 4.98 Å². The average Bonchev–Trinajstić information content (AvgIpc) is 2.85. The van der Waals surface area contributed by atoms with E-state index in [1.54, 1.807) is 24.4 Å². The van der Waals surface area contributed by atoms with Crippen LogP contribution in [0.3, 0.4) is 0 Å². The van der Waals surface area contributed by atoms with Gasteiger partial charge >= 0.3 is 35.5 Å². The number of para-hydroxylation sites is 1. The number of carboxylic acids is 1. The molecule has 7 heteroatoms. The number of benzene rings is 3. The molecule has 0 radical (unpaired) electrons. The minimum Gasteiger partial charge on any atom is -1.00 e. The molecule has 0 aliphatic carbocycles. The fourth-order valence-corrected chi connectivity index (χ4v) is 3.63. The van der Waals surface area contributed by atoms with Crippen LogP contribution in [0.4, 0.5) is 11.4 Å². The van der Waals surface area contributed by atoms with Gasteiger partial charge in [0.2, 0.25) is 0 Å². The zero-order valence-corrected chi connectivity index (χ0v) is 21.1. The van der Waals surface area contributed by atoms with Crippen LogP contribution < -0.4 is 40.2 Å². The van der Waals surface area contributed by atoms with Gasteiger partial charge in [-0.05, 0) is 42.3 Å². The van der Waals surface area contributed by atoms with Crippen molar-refractivity contribution in [2.24, 2.45) is 0 Å². The minimum absolute atomic E-state index is 0. The summed E-state index contributed by atoms with van der Waals surface area (Å²) in [6.07, 6.45) is 3.15. The minimum atomic E-state index is -1.12. The molecule has 0 bridgehead atoms. The van der Waals surface area contributed by atoms with Gasteiger partial charge in [0.1, 0.15) is 0 Å². The van der Waals surface area contributed by atoms with Crippen molar-refractivity contribution in [2.75, 3.05) is 17.2 Å². The number of nitrogens with one attached hydrogen (secondary N) is 2. The van der Waals surface area contributed by atoms with Gasteiger partial charge in [-0.3, -0.25) is 9.78 Å². The first-order chi connectivity index (χ1) is 16.1. The molecule has 34 heavy (non-hydrogen) atoms. The van der Waals surface area contributed by atoms with Crippen LogP contribution in [0.1, 0.15) is 29.1 Å². The van der Waals surface area contributed by atoms with Crippen molar-refractivity contribution < 1.29 is 45.7 Å². The third-order valence-corrected chi connectivity index (χ3v) is 5.21. The van der Waals surface area contributed by atoms with Gasteiger partial charge in [0.15, 0.2) is 0 Å². The zero-order valence-electron chi connectivity index (χ0n) is 20.1. The number of hydrogen-bond donors (Lipinski definition) is 3. The topological polar surface area (TPSA) is 91.3 Å². The summed E-state index contributed by atoms with van der Waals surface area (Å²) in [7, 11) is 0. The molecular weight excluding hydrogens is 437 g/mol. The second-order valence-electron chi connectivity index (χ2n) is 7.42. The van der Waals surface area contributed by atoms with E-state index in [-0.39, 0.29) is 42.2 Å². The van der Waals surface area contributed by atoms with E-state index in [2.05, 4.69) is 15.6 Å². The number of carbonyl (C=O) groups excluding carboxylic acids is 1. The van der Waals surface area contributed by atoms with Gasteiger partial charge in [0.05, 0.1) is 16.8 Å². The summed E-state index contributed by atoms with van der Waals surface area (Å²) in [5, 5.41) is 15.7. The second-order valence-corrected chi connectivity index (χ2v) is 7.42. The molecule has 0 aliphatic heterocycles. The molecule has 0 fully saturated rings. The number of rotatable bonds is 7. The fraction of sp³-hybridized carbons (Fsp3) is 0.0741. The molecule has 0 unspecified atom stereocenters. The summed E-state index contributed by atoms with van der Waals surface area (Å²) in [6.45, 7) is 2.76. The summed E-state index contributed by atoms with van der Waals surface area (Å²) in [5.74, 6) is -1.55. The molecule has 4 aromatic rings. The standard InChI is InChI=1S/C27H23N3O3.Na.H/c1-2-29-24-11-7-6-10-22(24)19-12-13-23(27(32)33)25(15-19)30-26(31)21-14-20(16-28-17-21)18-8-4-3-5-9-18;;/h3-17,29H,2H2,1H3,(H,30,31)(H,32,33);;/q;+1;-1. The molecule has 3 aromatic carbocycles. The van der Waals surface area contributed by atoms with Gasteiger partial charge < -0.3 is 17.2 Å². The Morgan fingerprint density at radius 3 is 2.32 bits per heavy atom. The molecule has 4 rings (SSSR count). The molecule has 0 atom stereocenters. The number of aromatic carboxylic acids is 1. The Kier molecular flexibility index (Phi) is 8.60. The Bertz CT molecular complexity index is 1320. The largest absolute Gasteiger partial charge is 1.00 e. The third kappa shape index (κ3) is 5.72. The molecule has 6 nitrogen and oxygen atoms in total. The van der Waals surface area contributed by atoms with Gasteiger partial charge in [0.25, 0.3) is 5.91 Å². The van der Waals surface area contributed by atoms with Crippen LogP contribution in [0, 0.1) is 0 Å². The average molecular weight is 461 g/mol. The summed E-state index contributed by atoms with van der Waals surface area (Å²) in [6, 6.07) is 24.1. The zero-order chi connectivity index (χ0) is 23.2. The van der Waals surface area contributed by atoms with E-state index in [1.165, 1.54) is 12.3 Å². The second kappa shape index (κ2) is 11.6. The van der Waals surface area contributed by atoms with Gasteiger partial charge in [-0.2, -0.15) is 0 Å². The van der Waals surface area contributed by atoms with Crippen LogP contribution in [0.2, 0.25) is 0 Å². The number of pyridine rings is 1. The Balaban J connectivity index is 0.00000216. The van der Waals surface area contributed by atoms with E-state index >= 15 is 0 Å². The van der Waals surface area contributed by atoms with Crippen molar-refractivity contribution in [1.29, 1.82) is 0 Å². The number of aromatic nitrogens is 1. The fourth-order valence-electron chi connectivity index (χ4n) is 3.63. The van der Waals surface area contributed by atoms with Gasteiger partial charge in [-0.15, -0.1) is 0 Å². The van der Waals surface area contributed by atoms with Crippen LogP contribution >= 0.6 is 0 Å². The van der Waals surface area contributed by atoms with Crippen molar-refractivity contribution in [3.63, 3.8) is 0 Å². The summed E-state index contributed by atoms with van der Waals surface area (Å²) in [5.41, 5.74) is 4.96. The van der Waals surface area contributed by atoms with Gasteiger partial charge in [0, 0.05) is 35.8 Å². The smallest absolute Gasteiger partial charge is 1.00 e. The Morgan fingerprint density at radius 1 is 0.853 bits per heavy atom. The van der Waals surface area contributed by atoms with Crippen molar-refractivity contribution >= 4 is 23.3 Å².